The maximum atomic E-state index is 12.0. The lowest BCUT2D eigenvalue weighted by molar-refractivity contribution is -0.288. The van der Waals surface area contributed by atoms with Gasteiger partial charge in [-0.25, -0.2) is 9.78 Å². The van der Waals surface area contributed by atoms with Crippen molar-refractivity contribution in [1.29, 1.82) is 0 Å². The lowest BCUT2D eigenvalue weighted by atomic mass is 9.89. The van der Waals surface area contributed by atoms with Crippen LogP contribution in [0.4, 0.5) is 0 Å². The third kappa shape index (κ3) is 6.44. The minimum atomic E-state index is -0.312. The van der Waals surface area contributed by atoms with E-state index in [4.69, 9.17) is 9.78 Å². The van der Waals surface area contributed by atoms with E-state index in [1.807, 2.05) is 27.7 Å². The molecule has 100 valence electrons. The van der Waals surface area contributed by atoms with E-state index in [0.29, 0.717) is 19.8 Å². The molecule has 0 saturated heterocycles. The van der Waals surface area contributed by atoms with Crippen molar-refractivity contribution in [2.75, 3.05) is 26.8 Å². The average Bonchev–Trinajstić information content (AvgIpc) is 2.26. The van der Waals surface area contributed by atoms with Crippen molar-refractivity contribution in [2.24, 2.45) is 5.41 Å². The molecule has 0 spiro atoms. The molecule has 0 saturated carbocycles. The Morgan fingerprint density at radius 1 is 1.35 bits per heavy atom. The topological polar surface area (TPSA) is 38.8 Å². The summed E-state index contributed by atoms with van der Waals surface area (Å²) in [6, 6.07) is 0. The summed E-state index contributed by atoms with van der Waals surface area (Å²) in [5, 5.41) is 0. The van der Waals surface area contributed by atoms with E-state index in [1.165, 1.54) is 0 Å². The molecule has 17 heavy (non-hydrogen) atoms. The number of hydrogen-bond acceptors (Lipinski definition) is 3. The first-order valence-corrected chi connectivity index (χ1v) is 5.95. The van der Waals surface area contributed by atoms with Crippen molar-refractivity contribution in [3.8, 4) is 0 Å². The molecule has 4 heteroatoms. The van der Waals surface area contributed by atoms with E-state index in [0.717, 1.165) is 12.0 Å². The van der Waals surface area contributed by atoms with Crippen molar-refractivity contribution < 1.29 is 14.6 Å². The number of hydrogen-bond donors (Lipinski definition) is 0. The van der Waals surface area contributed by atoms with Crippen LogP contribution in [0.3, 0.4) is 0 Å². The minimum Gasteiger partial charge on any atom is -0.343 e. The van der Waals surface area contributed by atoms with Gasteiger partial charge < -0.3 is 4.90 Å². The van der Waals surface area contributed by atoms with Gasteiger partial charge in [-0.2, -0.15) is 0 Å². The molecule has 0 fully saturated rings. The van der Waals surface area contributed by atoms with Crippen LogP contribution in [0.1, 0.15) is 34.1 Å². The molecule has 0 heterocycles. The van der Waals surface area contributed by atoms with Crippen LogP contribution in [0.25, 0.3) is 0 Å². The predicted molar refractivity (Wildman–Crippen MR) is 68.4 cm³/mol. The Labute approximate surface area is 105 Å². The first-order chi connectivity index (χ1) is 7.81. The van der Waals surface area contributed by atoms with Crippen molar-refractivity contribution in [2.45, 2.75) is 34.1 Å². The zero-order chi connectivity index (χ0) is 13.5. The molecule has 0 unspecified atom stereocenters. The minimum absolute atomic E-state index is 0.128. The summed E-state index contributed by atoms with van der Waals surface area (Å²) >= 11 is 0. The van der Waals surface area contributed by atoms with Crippen LogP contribution in [-0.2, 0) is 14.6 Å². The molecule has 0 aliphatic rings. The molecule has 0 aromatic rings. The van der Waals surface area contributed by atoms with Crippen LogP contribution in [-0.4, -0.2) is 37.6 Å². The van der Waals surface area contributed by atoms with Gasteiger partial charge in [-0.15, -0.1) is 0 Å². The SMILES string of the molecule is C=C(C)COOCCN(C)C(=O)C(C)(C)CC. The van der Waals surface area contributed by atoms with Gasteiger partial charge in [0.25, 0.3) is 0 Å². The fourth-order valence-electron chi connectivity index (χ4n) is 1.14. The van der Waals surface area contributed by atoms with Gasteiger partial charge >= 0.3 is 0 Å². The van der Waals surface area contributed by atoms with E-state index in [1.54, 1.807) is 11.9 Å². The van der Waals surface area contributed by atoms with Gasteiger partial charge in [0.05, 0.1) is 6.61 Å². The largest absolute Gasteiger partial charge is 0.343 e. The molecule has 0 atom stereocenters. The molecular formula is C13H25NO3. The summed E-state index contributed by atoms with van der Waals surface area (Å²) in [7, 11) is 1.78. The van der Waals surface area contributed by atoms with E-state index < -0.39 is 0 Å². The Morgan fingerprint density at radius 2 is 1.94 bits per heavy atom. The Morgan fingerprint density at radius 3 is 2.41 bits per heavy atom. The normalized spacial score (nSPS) is 11.4. The van der Waals surface area contributed by atoms with Gasteiger partial charge in [-0.3, -0.25) is 4.79 Å². The smallest absolute Gasteiger partial charge is 0.228 e. The number of amides is 1. The van der Waals surface area contributed by atoms with Crippen molar-refractivity contribution in [3.63, 3.8) is 0 Å². The molecule has 0 radical (unpaired) electrons. The average molecular weight is 243 g/mol. The molecule has 0 bridgehead atoms. The lowest BCUT2D eigenvalue weighted by Crippen LogP contribution is -2.39. The Hall–Kier alpha value is -0.870. The summed E-state index contributed by atoms with van der Waals surface area (Å²) in [6.45, 7) is 12.7. The van der Waals surface area contributed by atoms with Crippen molar-refractivity contribution in [3.05, 3.63) is 12.2 Å². The highest BCUT2D eigenvalue weighted by atomic mass is 17.2. The number of carbonyl (C=O) groups is 1. The summed E-state index contributed by atoms with van der Waals surface area (Å²) in [5.41, 5.74) is 0.592. The molecule has 0 aromatic heterocycles. The predicted octanol–water partition coefficient (Wildman–Crippen LogP) is 2.41. The fraction of sp³-hybridized carbons (Fsp3) is 0.769. The first-order valence-electron chi connectivity index (χ1n) is 5.95. The second kappa shape index (κ2) is 7.45. The van der Waals surface area contributed by atoms with Gasteiger partial charge in [0, 0.05) is 19.0 Å². The fourth-order valence-corrected chi connectivity index (χ4v) is 1.14. The first kappa shape index (κ1) is 16.1. The van der Waals surface area contributed by atoms with Gasteiger partial charge in [0.15, 0.2) is 0 Å². The molecule has 4 nitrogen and oxygen atoms in total. The van der Waals surface area contributed by atoms with E-state index in [-0.39, 0.29) is 11.3 Å². The van der Waals surface area contributed by atoms with Crippen LogP contribution in [0.2, 0.25) is 0 Å². The second-order valence-electron chi connectivity index (χ2n) is 5.01. The highest BCUT2D eigenvalue weighted by Gasteiger charge is 2.28. The molecule has 0 rings (SSSR count). The molecular weight excluding hydrogens is 218 g/mol. The summed E-state index contributed by atoms with van der Waals surface area (Å²) < 4.78 is 0. The van der Waals surface area contributed by atoms with E-state index >= 15 is 0 Å². The molecule has 1 amide bonds. The van der Waals surface area contributed by atoms with Gasteiger partial charge in [0.1, 0.15) is 6.61 Å². The summed E-state index contributed by atoms with van der Waals surface area (Å²) in [6.07, 6.45) is 0.823. The van der Waals surface area contributed by atoms with E-state index in [2.05, 4.69) is 6.58 Å². The van der Waals surface area contributed by atoms with Crippen LogP contribution in [0.5, 0.6) is 0 Å². The maximum absolute atomic E-state index is 12.0. The Balaban J connectivity index is 3.83. The third-order valence-corrected chi connectivity index (χ3v) is 2.71. The lowest BCUT2D eigenvalue weighted by Gasteiger charge is -2.28. The molecule has 0 N–H and O–H groups in total. The van der Waals surface area contributed by atoms with Gasteiger partial charge in [-0.1, -0.05) is 32.9 Å². The van der Waals surface area contributed by atoms with Crippen molar-refractivity contribution >= 4 is 5.91 Å². The quantitative estimate of drug-likeness (QED) is 0.284. The summed E-state index contributed by atoms with van der Waals surface area (Å²) in [5.74, 6) is 0.128. The standard InChI is InChI=1S/C13H25NO3/c1-7-13(4,5)12(15)14(6)8-9-16-17-10-11(2)3/h2,7-10H2,1,3-6H3. The Bertz CT molecular complexity index is 261. The molecule has 0 aliphatic carbocycles. The number of likely N-dealkylation sites (N-methyl/N-ethyl adjacent to an activating group) is 1. The second-order valence-corrected chi connectivity index (χ2v) is 5.01. The molecule has 0 aliphatic heterocycles. The van der Waals surface area contributed by atoms with E-state index in [9.17, 15) is 4.79 Å². The van der Waals surface area contributed by atoms with Crippen LogP contribution < -0.4 is 0 Å². The van der Waals surface area contributed by atoms with Gasteiger partial charge in [-0.05, 0) is 13.3 Å². The number of rotatable bonds is 8. The highest BCUT2D eigenvalue weighted by Crippen LogP contribution is 2.22. The monoisotopic (exact) mass is 243 g/mol. The Kier molecular flexibility index (Phi) is 7.07. The summed E-state index contributed by atoms with van der Waals surface area (Å²) in [4.78, 5) is 23.5. The maximum Gasteiger partial charge on any atom is 0.228 e. The van der Waals surface area contributed by atoms with Crippen LogP contribution >= 0.6 is 0 Å². The van der Waals surface area contributed by atoms with Crippen LogP contribution in [0, 0.1) is 5.41 Å². The zero-order valence-corrected chi connectivity index (χ0v) is 11.7. The number of carbonyl (C=O) groups excluding carboxylic acids is 1. The third-order valence-electron chi connectivity index (χ3n) is 2.71. The van der Waals surface area contributed by atoms with Crippen molar-refractivity contribution in [1.82, 2.24) is 4.90 Å². The molecule has 0 aromatic carbocycles. The van der Waals surface area contributed by atoms with Gasteiger partial charge in [0.2, 0.25) is 5.91 Å². The highest BCUT2D eigenvalue weighted by molar-refractivity contribution is 5.81. The van der Waals surface area contributed by atoms with Crippen LogP contribution in [0.15, 0.2) is 12.2 Å². The zero-order valence-electron chi connectivity index (χ0n) is 11.7. The number of nitrogens with zero attached hydrogens (tertiary/aromatic N) is 1.